The molecule has 3 aromatic rings. The fourth-order valence-corrected chi connectivity index (χ4v) is 2.66. The summed E-state index contributed by atoms with van der Waals surface area (Å²) in [7, 11) is 3.01. The Balaban J connectivity index is 0.00000225. The summed E-state index contributed by atoms with van der Waals surface area (Å²) in [6.45, 7) is 0. The molecule has 9 heteroatoms. The summed E-state index contributed by atoms with van der Waals surface area (Å²) in [6, 6.07) is 5.64. The average Bonchev–Trinajstić information content (AvgIpc) is 2.56. The lowest BCUT2D eigenvalue weighted by atomic mass is 10.2. The summed E-state index contributed by atoms with van der Waals surface area (Å²) >= 11 is 3.04. The molecule has 5 nitrogen and oxygen atoms in total. The van der Waals surface area contributed by atoms with Crippen LogP contribution in [0.2, 0.25) is 0 Å². The van der Waals surface area contributed by atoms with Gasteiger partial charge in [-0.1, -0.05) is 15.9 Å². The van der Waals surface area contributed by atoms with E-state index in [0.717, 1.165) is 0 Å². The van der Waals surface area contributed by atoms with Gasteiger partial charge in [-0.25, -0.2) is 18.7 Å². The maximum atomic E-state index is 14.0. The van der Waals surface area contributed by atoms with Gasteiger partial charge in [-0.05, 0) is 18.2 Å². The number of aromatic nitrogens is 2. The average molecular weight is 433 g/mol. The zero-order valence-corrected chi connectivity index (χ0v) is 15.5. The highest BCUT2D eigenvalue weighted by Gasteiger charge is 2.15. The van der Waals surface area contributed by atoms with Gasteiger partial charge in [0.2, 0.25) is 0 Å². The van der Waals surface area contributed by atoms with Gasteiger partial charge >= 0.3 is 0 Å². The Morgan fingerprint density at radius 3 is 2.16 bits per heavy atom. The maximum absolute atomic E-state index is 14.0. The Morgan fingerprint density at radius 1 is 0.960 bits per heavy atom. The van der Waals surface area contributed by atoms with Crippen molar-refractivity contribution < 1.29 is 18.3 Å². The highest BCUT2D eigenvalue weighted by molar-refractivity contribution is 9.10. The summed E-state index contributed by atoms with van der Waals surface area (Å²) in [5.41, 5.74) is 0.246. The third kappa shape index (κ3) is 3.74. The van der Waals surface area contributed by atoms with E-state index >= 15 is 0 Å². The van der Waals surface area contributed by atoms with Crippen molar-refractivity contribution in [1.29, 1.82) is 0 Å². The Labute approximate surface area is 156 Å². The van der Waals surface area contributed by atoms with Crippen LogP contribution in [0.4, 0.5) is 20.3 Å². The second-order valence-corrected chi connectivity index (χ2v) is 5.73. The van der Waals surface area contributed by atoms with Crippen LogP contribution in [0.3, 0.4) is 0 Å². The first-order chi connectivity index (χ1) is 11.5. The molecule has 1 aromatic heterocycles. The summed E-state index contributed by atoms with van der Waals surface area (Å²) in [4.78, 5) is 8.22. The van der Waals surface area contributed by atoms with Crippen molar-refractivity contribution in [2.24, 2.45) is 0 Å². The first-order valence-electron chi connectivity index (χ1n) is 6.81. The smallest absolute Gasteiger partial charge is 0.162 e. The normalized spacial score (nSPS) is 10.3. The van der Waals surface area contributed by atoms with E-state index in [1.165, 1.54) is 32.7 Å². The molecule has 3 rings (SSSR count). The van der Waals surface area contributed by atoms with E-state index in [4.69, 9.17) is 9.47 Å². The van der Waals surface area contributed by atoms with E-state index in [9.17, 15) is 8.78 Å². The summed E-state index contributed by atoms with van der Waals surface area (Å²) in [5, 5.41) is 3.22. The van der Waals surface area contributed by atoms with Crippen molar-refractivity contribution in [3.63, 3.8) is 0 Å². The molecule has 0 saturated carbocycles. The molecule has 0 saturated heterocycles. The van der Waals surface area contributed by atoms with Crippen molar-refractivity contribution in [3.05, 3.63) is 46.7 Å². The molecular formula is C16H13BrClF2N3O2. The van der Waals surface area contributed by atoms with Crippen LogP contribution in [0.1, 0.15) is 0 Å². The van der Waals surface area contributed by atoms with E-state index in [-0.39, 0.29) is 23.9 Å². The first-order valence-corrected chi connectivity index (χ1v) is 7.61. The molecule has 0 unspecified atom stereocenters. The number of methoxy groups -OCH3 is 2. The Bertz CT molecular complexity index is 904. The largest absolute Gasteiger partial charge is 0.493 e. The van der Waals surface area contributed by atoms with Crippen molar-refractivity contribution in [1.82, 2.24) is 9.97 Å². The lowest BCUT2D eigenvalue weighted by molar-refractivity contribution is 0.356. The van der Waals surface area contributed by atoms with Crippen LogP contribution in [0.15, 0.2) is 35.1 Å². The number of hydrogen-bond acceptors (Lipinski definition) is 5. The summed E-state index contributed by atoms with van der Waals surface area (Å²) in [6.07, 6.45) is 1.30. The topological polar surface area (TPSA) is 56.3 Å². The molecule has 0 aliphatic carbocycles. The summed E-state index contributed by atoms with van der Waals surface area (Å²) < 4.78 is 38.9. The molecule has 0 radical (unpaired) electrons. The van der Waals surface area contributed by atoms with Gasteiger partial charge in [0.25, 0.3) is 0 Å². The lowest BCUT2D eigenvalue weighted by Crippen LogP contribution is -2.01. The zero-order chi connectivity index (χ0) is 17.3. The van der Waals surface area contributed by atoms with Crippen LogP contribution < -0.4 is 14.8 Å². The maximum Gasteiger partial charge on any atom is 0.162 e. The van der Waals surface area contributed by atoms with Crippen molar-refractivity contribution in [2.75, 3.05) is 19.5 Å². The molecule has 0 fully saturated rings. The number of benzene rings is 2. The van der Waals surface area contributed by atoms with Gasteiger partial charge in [0, 0.05) is 15.9 Å². The second kappa shape index (κ2) is 7.79. The minimum atomic E-state index is -0.742. The van der Waals surface area contributed by atoms with Crippen molar-refractivity contribution in [3.8, 4) is 11.5 Å². The molecule has 0 amide bonds. The monoisotopic (exact) mass is 431 g/mol. The number of fused-ring (bicyclic) bond motifs is 1. The second-order valence-electron chi connectivity index (χ2n) is 4.82. The molecule has 0 spiro atoms. The summed E-state index contributed by atoms with van der Waals surface area (Å²) in [5.74, 6) is -0.278. The number of halogens is 4. The van der Waals surface area contributed by atoms with Gasteiger partial charge < -0.3 is 14.8 Å². The standard InChI is InChI=1S/C16H12BrF2N3O2.ClH/c1-23-13-5-9-12(6-14(13)24-2)20-7-21-16(9)22-15-10(18)3-8(17)4-11(15)19;/h3-7H,1-2H3,(H,20,21,22);1H. The quantitative estimate of drug-likeness (QED) is 0.638. The molecule has 1 N–H and O–H groups in total. The van der Waals surface area contributed by atoms with Gasteiger partial charge in [0.05, 0.1) is 19.7 Å². The van der Waals surface area contributed by atoms with Crippen LogP contribution in [0.5, 0.6) is 11.5 Å². The van der Waals surface area contributed by atoms with Gasteiger partial charge in [0.15, 0.2) is 23.1 Å². The number of hydrogen-bond donors (Lipinski definition) is 1. The number of ether oxygens (including phenoxy) is 2. The van der Waals surface area contributed by atoms with Gasteiger partial charge in [0.1, 0.15) is 17.8 Å². The highest BCUT2D eigenvalue weighted by atomic mass is 79.9. The Hall–Kier alpha value is -2.19. The van der Waals surface area contributed by atoms with Crippen LogP contribution in [0, 0.1) is 11.6 Å². The molecule has 0 aliphatic rings. The number of rotatable bonds is 4. The number of nitrogens with zero attached hydrogens (tertiary/aromatic N) is 2. The lowest BCUT2D eigenvalue weighted by Gasteiger charge is -2.13. The Morgan fingerprint density at radius 2 is 1.56 bits per heavy atom. The third-order valence-electron chi connectivity index (χ3n) is 3.39. The molecule has 2 aromatic carbocycles. The van der Waals surface area contributed by atoms with Crippen LogP contribution in [-0.2, 0) is 0 Å². The van der Waals surface area contributed by atoms with Crippen LogP contribution >= 0.6 is 28.3 Å². The third-order valence-corrected chi connectivity index (χ3v) is 3.85. The Kier molecular flexibility index (Phi) is 5.97. The number of anilines is 2. The van der Waals surface area contributed by atoms with Crippen LogP contribution in [-0.4, -0.2) is 24.2 Å². The molecule has 0 aliphatic heterocycles. The van der Waals surface area contributed by atoms with Crippen LogP contribution in [0.25, 0.3) is 10.9 Å². The van der Waals surface area contributed by atoms with Gasteiger partial charge in [-0.3, -0.25) is 0 Å². The van der Waals surface area contributed by atoms with E-state index in [1.807, 2.05) is 0 Å². The van der Waals surface area contributed by atoms with E-state index in [2.05, 4.69) is 31.2 Å². The molecular weight excluding hydrogens is 420 g/mol. The minimum absolute atomic E-state index is 0. The highest BCUT2D eigenvalue weighted by Crippen LogP contribution is 2.35. The van der Waals surface area contributed by atoms with Gasteiger partial charge in [-0.15, -0.1) is 12.4 Å². The van der Waals surface area contributed by atoms with Crippen molar-refractivity contribution >= 4 is 50.7 Å². The predicted molar refractivity (Wildman–Crippen MR) is 97.2 cm³/mol. The molecule has 0 atom stereocenters. The van der Waals surface area contributed by atoms with E-state index < -0.39 is 11.6 Å². The zero-order valence-electron chi connectivity index (χ0n) is 13.1. The fourth-order valence-electron chi connectivity index (χ4n) is 2.26. The molecule has 1 heterocycles. The SMILES string of the molecule is COc1cc2ncnc(Nc3c(F)cc(Br)cc3F)c2cc1OC.Cl. The molecule has 0 bridgehead atoms. The molecule has 132 valence electrons. The number of nitrogens with one attached hydrogen (secondary N) is 1. The van der Waals surface area contributed by atoms with E-state index in [0.29, 0.717) is 26.9 Å². The first kappa shape index (κ1) is 19.1. The predicted octanol–water partition coefficient (Wildman–Crippen LogP) is 4.85. The minimum Gasteiger partial charge on any atom is -0.493 e. The van der Waals surface area contributed by atoms with Gasteiger partial charge in [-0.2, -0.15) is 0 Å². The van der Waals surface area contributed by atoms with E-state index in [1.54, 1.807) is 12.1 Å². The molecule has 25 heavy (non-hydrogen) atoms. The fraction of sp³-hybridized carbons (Fsp3) is 0.125. The van der Waals surface area contributed by atoms with Crippen molar-refractivity contribution in [2.45, 2.75) is 0 Å².